The summed E-state index contributed by atoms with van der Waals surface area (Å²) < 4.78 is 37.1. The first-order chi connectivity index (χ1) is 13.9. The highest BCUT2D eigenvalue weighted by atomic mass is 19.1. The van der Waals surface area contributed by atoms with Gasteiger partial charge in [-0.1, -0.05) is 6.92 Å². The van der Waals surface area contributed by atoms with E-state index in [9.17, 15) is 14.0 Å². The Balaban J connectivity index is 2.13. The molecule has 0 aliphatic carbocycles. The van der Waals surface area contributed by atoms with Crippen LogP contribution in [0, 0.1) is 17.6 Å². The monoisotopic (exact) mass is 407 g/mol. The minimum Gasteiger partial charge on any atom is -0.383 e. The van der Waals surface area contributed by atoms with Crippen LogP contribution in [0.5, 0.6) is 0 Å². The highest BCUT2D eigenvalue weighted by molar-refractivity contribution is 5.97. The quantitative estimate of drug-likeness (QED) is 0.682. The smallest absolute Gasteiger partial charge is 0.200 e. The molecule has 1 unspecified atom stereocenters. The van der Waals surface area contributed by atoms with E-state index in [1.165, 1.54) is 24.8 Å². The van der Waals surface area contributed by atoms with Crippen LogP contribution in [0.15, 0.2) is 17.1 Å². The van der Waals surface area contributed by atoms with Gasteiger partial charge in [0.15, 0.2) is 17.0 Å². The molecule has 0 bridgehead atoms. The predicted octanol–water partition coefficient (Wildman–Crippen LogP) is 2.56. The van der Waals surface area contributed by atoms with Crippen LogP contribution < -0.4 is 15.6 Å². The second kappa shape index (κ2) is 9.00. The van der Waals surface area contributed by atoms with Gasteiger partial charge in [-0.2, -0.15) is 0 Å². The van der Waals surface area contributed by atoms with Gasteiger partial charge in [0.25, 0.3) is 0 Å². The minimum absolute atomic E-state index is 0.00332. The normalized spacial score (nSPS) is 16.7. The van der Waals surface area contributed by atoms with E-state index in [0.717, 1.165) is 25.6 Å². The Kier molecular flexibility index (Phi) is 6.64. The first-order valence-corrected chi connectivity index (χ1v) is 9.89. The van der Waals surface area contributed by atoms with E-state index in [1.807, 2.05) is 6.92 Å². The summed E-state index contributed by atoms with van der Waals surface area (Å²) >= 11 is 0. The van der Waals surface area contributed by atoms with Crippen LogP contribution in [0.25, 0.3) is 10.9 Å². The molecule has 1 saturated heterocycles. The largest absolute Gasteiger partial charge is 0.383 e. The molecule has 0 saturated carbocycles. The molecule has 2 aromatic rings. The lowest BCUT2D eigenvalue weighted by atomic mass is 10.1. The maximum Gasteiger partial charge on any atom is 0.200 e. The van der Waals surface area contributed by atoms with Crippen molar-refractivity contribution in [2.75, 3.05) is 44.8 Å². The van der Waals surface area contributed by atoms with Gasteiger partial charge < -0.3 is 19.5 Å². The molecule has 1 fully saturated rings. The summed E-state index contributed by atoms with van der Waals surface area (Å²) in [5.74, 6) is -1.69. The van der Waals surface area contributed by atoms with Crippen molar-refractivity contribution in [2.45, 2.75) is 26.8 Å². The van der Waals surface area contributed by atoms with Crippen molar-refractivity contribution in [1.82, 2.24) is 9.88 Å². The molecular formula is C21H27F2N3O3. The van der Waals surface area contributed by atoms with E-state index in [4.69, 9.17) is 4.74 Å². The average molecular weight is 407 g/mol. The molecule has 1 aliphatic rings. The summed E-state index contributed by atoms with van der Waals surface area (Å²) in [5, 5.41) is 3.14. The number of carbonyl (C=O) groups excluding carboxylic acids is 1. The Morgan fingerprint density at radius 3 is 2.79 bits per heavy atom. The summed E-state index contributed by atoms with van der Waals surface area (Å²) in [4.78, 5) is 26.2. The van der Waals surface area contributed by atoms with Crippen LogP contribution in [0.4, 0.5) is 14.5 Å². The molecule has 6 nitrogen and oxygen atoms in total. The second-order valence-corrected chi connectivity index (χ2v) is 7.44. The zero-order chi connectivity index (χ0) is 21.1. The summed E-state index contributed by atoms with van der Waals surface area (Å²) in [6.45, 7) is 6.50. The SMILES string of the molecule is CCNCC1CCN(c2c(F)cc3c(=O)c(C(C)=O)cn(CCOC)c3c2F)C1. The molecule has 1 atom stereocenters. The summed E-state index contributed by atoms with van der Waals surface area (Å²) in [7, 11) is 1.51. The van der Waals surface area contributed by atoms with Gasteiger partial charge in [-0.15, -0.1) is 0 Å². The number of hydrogen-bond donors (Lipinski definition) is 1. The van der Waals surface area contributed by atoms with Crippen molar-refractivity contribution in [3.05, 3.63) is 39.7 Å². The molecular weight excluding hydrogens is 380 g/mol. The number of rotatable bonds is 8. The molecule has 3 rings (SSSR count). The summed E-state index contributed by atoms with van der Waals surface area (Å²) in [6, 6.07) is 1.06. The van der Waals surface area contributed by atoms with E-state index >= 15 is 4.39 Å². The van der Waals surface area contributed by atoms with Gasteiger partial charge in [0, 0.05) is 32.9 Å². The summed E-state index contributed by atoms with van der Waals surface area (Å²) in [5.41, 5.74) is -0.856. The Labute approximate surface area is 168 Å². The predicted molar refractivity (Wildman–Crippen MR) is 109 cm³/mol. The van der Waals surface area contributed by atoms with Crippen LogP contribution in [0.2, 0.25) is 0 Å². The van der Waals surface area contributed by atoms with E-state index in [1.54, 1.807) is 4.90 Å². The number of benzene rings is 1. The number of carbonyl (C=O) groups is 1. The van der Waals surface area contributed by atoms with Gasteiger partial charge in [0.05, 0.1) is 23.1 Å². The number of hydrogen-bond acceptors (Lipinski definition) is 5. The molecule has 158 valence electrons. The number of halogens is 2. The topological polar surface area (TPSA) is 63.6 Å². The van der Waals surface area contributed by atoms with Crippen molar-refractivity contribution in [2.24, 2.45) is 5.92 Å². The van der Waals surface area contributed by atoms with Gasteiger partial charge in [0.2, 0.25) is 0 Å². The Morgan fingerprint density at radius 2 is 2.14 bits per heavy atom. The lowest BCUT2D eigenvalue weighted by Gasteiger charge is -2.22. The van der Waals surface area contributed by atoms with Gasteiger partial charge >= 0.3 is 0 Å². The van der Waals surface area contributed by atoms with Crippen molar-refractivity contribution in [1.29, 1.82) is 0 Å². The molecule has 1 N–H and O–H groups in total. The van der Waals surface area contributed by atoms with Crippen molar-refractivity contribution >= 4 is 22.4 Å². The van der Waals surface area contributed by atoms with Crippen LogP contribution in [-0.2, 0) is 11.3 Å². The number of pyridine rings is 1. The minimum atomic E-state index is -0.782. The first kappa shape index (κ1) is 21.4. The highest BCUT2D eigenvalue weighted by Crippen LogP contribution is 2.33. The van der Waals surface area contributed by atoms with Gasteiger partial charge in [-0.3, -0.25) is 9.59 Å². The number of aromatic nitrogens is 1. The van der Waals surface area contributed by atoms with Crippen molar-refractivity contribution in [3.8, 4) is 0 Å². The standard InChI is InChI=1S/C21H27F2N3O3/c1-4-24-10-14-5-6-25(11-14)20-17(22)9-15-19(18(20)23)26(7-8-29-3)12-16(13(2)27)21(15)28/h9,12,14,24H,4-8,10-11H2,1-3H3. The third-order valence-corrected chi connectivity index (χ3v) is 5.43. The van der Waals surface area contributed by atoms with Crippen molar-refractivity contribution < 1.29 is 18.3 Å². The van der Waals surface area contributed by atoms with Crippen LogP contribution >= 0.6 is 0 Å². The van der Waals surface area contributed by atoms with Crippen LogP contribution in [0.1, 0.15) is 30.6 Å². The zero-order valence-electron chi connectivity index (χ0n) is 17.1. The van der Waals surface area contributed by atoms with Gasteiger partial charge in [0.1, 0.15) is 11.5 Å². The molecule has 29 heavy (non-hydrogen) atoms. The lowest BCUT2D eigenvalue weighted by molar-refractivity contribution is 0.101. The fraction of sp³-hybridized carbons (Fsp3) is 0.524. The van der Waals surface area contributed by atoms with Crippen LogP contribution in [0.3, 0.4) is 0 Å². The number of methoxy groups -OCH3 is 1. The number of fused-ring (bicyclic) bond motifs is 1. The maximum atomic E-state index is 15.6. The van der Waals surface area contributed by atoms with Crippen LogP contribution in [-0.4, -0.2) is 50.2 Å². The average Bonchev–Trinajstić information content (AvgIpc) is 3.14. The number of anilines is 1. The lowest BCUT2D eigenvalue weighted by Crippen LogP contribution is -2.28. The third kappa shape index (κ3) is 4.18. The fourth-order valence-corrected chi connectivity index (χ4v) is 3.93. The van der Waals surface area contributed by atoms with E-state index in [2.05, 4.69) is 5.32 Å². The Hall–Kier alpha value is -2.32. The second-order valence-electron chi connectivity index (χ2n) is 7.44. The fourth-order valence-electron chi connectivity index (χ4n) is 3.93. The molecule has 8 heteroatoms. The first-order valence-electron chi connectivity index (χ1n) is 9.89. The Morgan fingerprint density at radius 1 is 1.38 bits per heavy atom. The van der Waals surface area contributed by atoms with Gasteiger partial charge in [-0.05, 0) is 38.4 Å². The molecule has 2 heterocycles. The molecule has 1 aromatic heterocycles. The third-order valence-electron chi connectivity index (χ3n) is 5.43. The highest BCUT2D eigenvalue weighted by Gasteiger charge is 2.29. The molecule has 1 aliphatic heterocycles. The van der Waals surface area contributed by atoms with E-state index in [0.29, 0.717) is 19.0 Å². The maximum absolute atomic E-state index is 15.6. The Bertz CT molecular complexity index is 974. The zero-order valence-corrected chi connectivity index (χ0v) is 17.1. The van der Waals surface area contributed by atoms with Gasteiger partial charge in [-0.25, -0.2) is 8.78 Å². The van der Waals surface area contributed by atoms with Crippen molar-refractivity contribution in [3.63, 3.8) is 0 Å². The number of Topliss-reactive ketones (excluding diaryl/α,β-unsaturated/α-hetero) is 1. The summed E-state index contributed by atoms with van der Waals surface area (Å²) in [6.07, 6.45) is 2.18. The molecule has 0 spiro atoms. The molecule has 1 aromatic carbocycles. The number of ether oxygens (including phenoxy) is 1. The number of ketones is 1. The van der Waals surface area contributed by atoms with E-state index < -0.39 is 22.8 Å². The number of nitrogens with zero attached hydrogens (tertiary/aromatic N) is 2. The van der Waals surface area contributed by atoms with E-state index in [-0.39, 0.29) is 35.3 Å². The molecule has 0 amide bonds. The number of nitrogens with one attached hydrogen (secondary N) is 1. The molecule has 0 radical (unpaired) electrons.